The van der Waals surface area contributed by atoms with Gasteiger partial charge in [0, 0.05) is 5.69 Å². The second-order valence-corrected chi connectivity index (χ2v) is 5.77. The topological polar surface area (TPSA) is 49.4 Å². The highest BCUT2D eigenvalue weighted by Crippen LogP contribution is 2.28. The van der Waals surface area contributed by atoms with Crippen LogP contribution >= 0.6 is 0 Å². The van der Waals surface area contributed by atoms with Gasteiger partial charge in [-0.05, 0) is 55.3 Å². The number of imide groups is 1. The van der Waals surface area contributed by atoms with E-state index in [1.54, 1.807) is 12.1 Å². The number of carbonyl (C=O) groups is 2. The lowest BCUT2D eigenvalue weighted by Gasteiger charge is -2.18. The molecule has 1 saturated heterocycles. The highest BCUT2D eigenvalue weighted by atomic mass is 19.1. The van der Waals surface area contributed by atoms with Crippen LogP contribution in [-0.4, -0.2) is 17.9 Å². The van der Waals surface area contributed by atoms with Crippen molar-refractivity contribution >= 4 is 23.2 Å². The molecule has 5 heteroatoms. The van der Waals surface area contributed by atoms with E-state index < -0.39 is 6.04 Å². The van der Waals surface area contributed by atoms with Crippen molar-refractivity contribution in [1.82, 2.24) is 0 Å². The Balaban J connectivity index is 1.85. The third-order valence-electron chi connectivity index (χ3n) is 3.94. The van der Waals surface area contributed by atoms with E-state index in [0.29, 0.717) is 11.4 Å². The van der Waals surface area contributed by atoms with Crippen molar-refractivity contribution in [3.8, 4) is 0 Å². The fourth-order valence-corrected chi connectivity index (χ4v) is 2.71. The summed E-state index contributed by atoms with van der Waals surface area (Å²) in [5, 5.41) is 3.00. The van der Waals surface area contributed by atoms with Crippen molar-refractivity contribution in [2.75, 3.05) is 10.2 Å². The van der Waals surface area contributed by atoms with Gasteiger partial charge in [0.2, 0.25) is 5.91 Å². The number of carbonyl (C=O) groups excluding carboxylic acids is 2. The molecule has 0 saturated carbocycles. The van der Waals surface area contributed by atoms with E-state index >= 15 is 0 Å². The van der Waals surface area contributed by atoms with Gasteiger partial charge in [-0.1, -0.05) is 12.1 Å². The van der Waals surface area contributed by atoms with E-state index in [0.717, 1.165) is 11.1 Å². The Labute approximate surface area is 133 Å². The van der Waals surface area contributed by atoms with Crippen LogP contribution in [0.15, 0.2) is 42.5 Å². The van der Waals surface area contributed by atoms with Gasteiger partial charge in [-0.2, -0.15) is 0 Å². The molecule has 0 bridgehead atoms. The van der Waals surface area contributed by atoms with E-state index in [2.05, 4.69) is 5.32 Å². The highest BCUT2D eigenvalue weighted by molar-refractivity contribution is 6.23. The first-order valence-corrected chi connectivity index (χ1v) is 7.42. The van der Waals surface area contributed by atoms with Gasteiger partial charge in [-0.15, -0.1) is 0 Å². The van der Waals surface area contributed by atoms with Crippen molar-refractivity contribution in [3.05, 3.63) is 59.4 Å². The van der Waals surface area contributed by atoms with Crippen molar-refractivity contribution in [1.29, 1.82) is 0 Å². The van der Waals surface area contributed by atoms with Crippen LogP contribution in [0.25, 0.3) is 0 Å². The smallest absolute Gasteiger partial charge is 0.256 e. The summed E-state index contributed by atoms with van der Waals surface area (Å²) in [6.45, 7) is 3.79. The van der Waals surface area contributed by atoms with Gasteiger partial charge in [-0.3, -0.25) is 9.59 Å². The Kier molecular flexibility index (Phi) is 3.86. The summed E-state index contributed by atoms with van der Waals surface area (Å²) in [6.07, 6.45) is 0.0869. The summed E-state index contributed by atoms with van der Waals surface area (Å²) < 4.78 is 12.9. The molecule has 1 aliphatic rings. The Hall–Kier alpha value is -2.69. The molecule has 3 rings (SSSR count). The molecule has 2 aromatic carbocycles. The minimum absolute atomic E-state index is 0.0869. The Morgan fingerprint density at radius 1 is 1.09 bits per heavy atom. The molecule has 2 aromatic rings. The summed E-state index contributed by atoms with van der Waals surface area (Å²) in [5.41, 5.74) is 3.10. The molecule has 1 fully saturated rings. The molecular weight excluding hydrogens is 295 g/mol. The number of hydrogen-bond donors (Lipinski definition) is 1. The third-order valence-corrected chi connectivity index (χ3v) is 3.94. The number of nitrogens with zero attached hydrogens (tertiary/aromatic N) is 1. The van der Waals surface area contributed by atoms with E-state index in [4.69, 9.17) is 0 Å². The maximum Gasteiger partial charge on any atom is 0.256 e. The summed E-state index contributed by atoms with van der Waals surface area (Å²) in [5.74, 6) is -0.863. The standard InChI is InChI=1S/C18H17FN2O2/c1-11-3-4-12(2)16(9-11)21-17(22)10-15(18(21)23)20-14-7-5-13(19)6-8-14/h3-9,15,20H,10H2,1-2H3/t15-/m1/s1. The lowest BCUT2D eigenvalue weighted by molar-refractivity contribution is -0.121. The van der Waals surface area contributed by atoms with Crippen LogP contribution < -0.4 is 10.2 Å². The van der Waals surface area contributed by atoms with Gasteiger partial charge in [0.25, 0.3) is 5.91 Å². The van der Waals surface area contributed by atoms with Crippen LogP contribution in [0.4, 0.5) is 15.8 Å². The van der Waals surface area contributed by atoms with Gasteiger partial charge in [-0.25, -0.2) is 9.29 Å². The molecule has 23 heavy (non-hydrogen) atoms. The van der Waals surface area contributed by atoms with Crippen LogP contribution in [0.3, 0.4) is 0 Å². The lowest BCUT2D eigenvalue weighted by Crippen LogP contribution is -2.35. The predicted molar refractivity (Wildman–Crippen MR) is 86.8 cm³/mol. The minimum atomic E-state index is -0.632. The first-order valence-electron chi connectivity index (χ1n) is 7.42. The average molecular weight is 312 g/mol. The van der Waals surface area contributed by atoms with Crippen LogP contribution in [-0.2, 0) is 9.59 Å². The van der Waals surface area contributed by atoms with Gasteiger partial charge >= 0.3 is 0 Å². The number of nitrogens with one attached hydrogen (secondary N) is 1. The normalized spacial score (nSPS) is 17.7. The van der Waals surface area contributed by atoms with E-state index in [1.807, 2.05) is 32.0 Å². The van der Waals surface area contributed by atoms with E-state index in [9.17, 15) is 14.0 Å². The van der Waals surface area contributed by atoms with E-state index in [1.165, 1.54) is 17.0 Å². The Morgan fingerprint density at radius 2 is 1.78 bits per heavy atom. The number of aryl methyl sites for hydroxylation is 2. The third kappa shape index (κ3) is 2.95. The Bertz CT molecular complexity index is 771. The van der Waals surface area contributed by atoms with Crippen LogP contribution in [0.5, 0.6) is 0 Å². The number of hydrogen-bond acceptors (Lipinski definition) is 3. The molecule has 0 unspecified atom stereocenters. The van der Waals surface area contributed by atoms with Crippen molar-refractivity contribution < 1.29 is 14.0 Å². The van der Waals surface area contributed by atoms with Crippen molar-refractivity contribution in [2.24, 2.45) is 0 Å². The second-order valence-electron chi connectivity index (χ2n) is 5.77. The first-order chi connectivity index (χ1) is 11.0. The molecule has 1 heterocycles. The zero-order valence-corrected chi connectivity index (χ0v) is 13.0. The summed E-state index contributed by atoms with van der Waals surface area (Å²) in [6, 6.07) is 10.8. The quantitative estimate of drug-likeness (QED) is 0.886. The zero-order chi connectivity index (χ0) is 16.6. The molecular formula is C18H17FN2O2. The lowest BCUT2D eigenvalue weighted by atomic mass is 10.1. The SMILES string of the molecule is Cc1ccc(C)c(N2C(=O)C[C@@H](Nc3ccc(F)cc3)C2=O)c1. The molecule has 4 nitrogen and oxygen atoms in total. The Morgan fingerprint density at radius 3 is 2.48 bits per heavy atom. The van der Waals surface area contributed by atoms with Gasteiger partial charge < -0.3 is 5.32 Å². The van der Waals surface area contributed by atoms with Gasteiger partial charge in [0.05, 0.1) is 12.1 Å². The fraction of sp³-hybridized carbons (Fsp3) is 0.222. The number of halogens is 1. The molecule has 0 aliphatic carbocycles. The second kappa shape index (κ2) is 5.83. The molecule has 0 radical (unpaired) electrons. The molecule has 1 aliphatic heterocycles. The zero-order valence-electron chi connectivity index (χ0n) is 13.0. The van der Waals surface area contributed by atoms with Crippen molar-refractivity contribution in [3.63, 3.8) is 0 Å². The molecule has 118 valence electrons. The fourth-order valence-electron chi connectivity index (χ4n) is 2.71. The maximum atomic E-state index is 12.9. The van der Waals surface area contributed by atoms with Gasteiger partial charge in [0.15, 0.2) is 0 Å². The summed E-state index contributed by atoms with van der Waals surface area (Å²) >= 11 is 0. The monoisotopic (exact) mass is 312 g/mol. The van der Waals surface area contributed by atoms with E-state index in [-0.39, 0.29) is 24.1 Å². The predicted octanol–water partition coefficient (Wildman–Crippen LogP) is 3.19. The van der Waals surface area contributed by atoms with Crippen LogP contribution in [0.2, 0.25) is 0 Å². The molecule has 2 amide bonds. The van der Waals surface area contributed by atoms with Crippen LogP contribution in [0, 0.1) is 19.7 Å². The first kappa shape index (κ1) is 15.2. The largest absolute Gasteiger partial charge is 0.373 e. The number of benzene rings is 2. The average Bonchev–Trinajstić information content (AvgIpc) is 2.78. The molecule has 0 aromatic heterocycles. The van der Waals surface area contributed by atoms with Crippen molar-refractivity contribution in [2.45, 2.75) is 26.3 Å². The van der Waals surface area contributed by atoms with Crippen LogP contribution in [0.1, 0.15) is 17.5 Å². The van der Waals surface area contributed by atoms with Gasteiger partial charge in [0.1, 0.15) is 11.9 Å². The highest BCUT2D eigenvalue weighted by Gasteiger charge is 2.40. The molecule has 1 N–H and O–H groups in total. The summed E-state index contributed by atoms with van der Waals surface area (Å²) in [4.78, 5) is 26.2. The maximum absolute atomic E-state index is 12.9. The number of amides is 2. The minimum Gasteiger partial charge on any atom is -0.373 e. The molecule has 1 atom stereocenters. The molecule has 0 spiro atoms. The number of anilines is 2. The summed E-state index contributed by atoms with van der Waals surface area (Å²) in [7, 11) is 0. The number of rotatable bonds is 3.